The topological polar surface area (TPSA) is 74.6 Å². The molecular weight excluding hydrogens is 184 g/mol. The van der Waals surface area contributed by atoms with Gasteiger partial charge in [-0.15, -0.1) is 0 Å². The molecule has 0 bridgehead atoms. The fraction of sp³-hybridized carbons (Fsp3) is 0.800. The van der Waals surface area contributed by atoms with Gasteiger partial charge >= 0.3 is 11.9 Å². The van der Waals surface area contributed by atoms with Crippen molar-refractivity contribution >= 4 is 11.9 Å². The first kappa shape index (κ1) is 12.9. The van der Waals surface area contributed by atoms with E-state index in [1.807, 2.05) is 13.8 Å². The SMILES string of the molecule is CCC(C(=O)O)(C(=O)O)C(C)C(C)C. The lowest BCUT2D eigenvalue weighted by Gasteiger charge is -2.32. The van der Waals surface area contributed by atoms with Crippen LogP contribution in [0.3, 0.4) is 0 Å². The normalized spacial score (nSPS) is 14.1. The quantitative estimate of drug-likeness (QED) is 0.667. The molecule has 0 radical (unpaired) electrons. The van der Waals surface area contributed by atoms with Crippen LogP contribution < -0.4 is 0 Å². The number of carbonyl (C=O) groups is 2. The highest BCUT2D eigenvalue weighted by atomic mass is 16.4. The summed E-state index contributed by atoms with van der Waals surface area (Å²) < 4.78 is 0. The van der Waals surface area contributed by atoms with Crippen LogP contribution in [0.15, 0.2) is 0 Å². The van der Waals surface area contributed by atoms with Crippen LogP contribution in [0.2, 0.25) is 0 Å². The fourth-order valence-electron chi connectivity index (χ4n) is 1.67. The number of hydrogen-bond donors (Lipinski definition) is 2. The molecule has 1 atom stereocenters. The summed E-state index contributed by atoms with van der Waals surface area (Å²) in [5.41, 5.74) is -1.64. The summed E-state index contributed by atoms with van der Waals surface area (Å²) in [4.78, 5) is 22.1. The number of rotatable bonds is 5. The third kappa shape index (κ3) is 1.89. The highest BCUT2D eigenvalue weighted by molar-refractivity contribution is 5.98. The van der Waals surface area contributed by atoms with Crippen molar-refractivity contribution in [2.24, 2.45) is 17.3 Å². The van der Waals surface area contributed by atoms with E-state index in [2.05, 4.69) is 0 Å². The molecule has 0 saturated carbocycles. The summed E-state index contributed by atoms with van der Waals surface area (Å²) in [5.74, 6) is -2.84. The molecule has 1 unspecified atom stereocenters. The van der Waals surface area contributed by atoms with Gasteiger partial charge in [-0.2, -0.15) is 0 Å². The van der Waals surface area contributed by atoms with Crippen LogP contribution in [0, 0.1) is 17.3 Å². The van der Waals surface area contributed by atoms with E-state index < -0.39 is 17.4 Å². The van der Waals surface area contributed by atoms with E-state index in [1.54, 1.807) is 13.8 Å². The Bertz CT molecular complexity index is 218. The van der Waals surface area contributed by atoms with Gasteiger partial charge in [0.2, 0.25) is 0 Å². The minimum absolute atomic E-state index is 0.0298. The number of carboxylic acids is 2. The van der Waals surface area contributed by atoms with E-state index in [0.717, 1.165) is 0 Å². The Kier molecular flexibility index (Phi) is 4.10. The Morgan fingerprint density at radius 3 is 1.57 bits per heavy atom. The Morgan fingerprint density at radius 2 is 1.50 bits per heavy atom. The predicted octanol–water partition coefficient (Wildman–Crippen LogP) is 1.84. The minimum Gasteiger partial charge on any atom is -0.480 e. The maximum absolute atomic E-state index is 11.1. The van der Waals surface area contributed by atoms with Crippen molar-refractivity contribution in [3.05, 3.63) is 0 Å². The summed E-state index contributed by atoms with van der Waals surface area (Å²) in [6, 6.07) is 0. The molecule has 0 fully saturated rings. The average molecular weight is 202 g/mol. The van der Waals surface area contributed by atoms with Crippen molar-refractivity contribution in [2.75, 3.05) is 0 Å². The molecular formula is C10H18O4. The molecule has 0 aliphatic rings. The minimum atomic E-state index is -1.64. The van der Waals surface area contributed by atoms with Crippen LogP contribution in [0.4, 0.5) is 0 Å². The molecule has 0 saturated heterocycles. The molecule has 2 N–H and O–H groups in total. The largest absolute Gasteiger partial charge is 0.480 e. The maximum atomic E-state index is 11.1. The van der Waals surface area contributed by atoms with Gasteiger partial charge in [0, 0.05) is 0 Å². The van der Waals surface area contributed by atoms with E-state index in [1.165, 1.54) is 0 Å². The number of hydrogen-bond acceptors (Lipinski definition) is 2. The fourth-order valence-corrected chi connectivity index (χ4v) is 1.67. The molecule has 0 spiro atoms. The molecule has 0 aromatic heterocycles. The highest BCUT2D eigenvalue weighted by Crippen LogP contribution is 2.37. The zero-order valence-electron chi connectivity index (χ0n) is 9.07. The molecule has 0 aromatic rings. The van der Waals surface area contributed by atoms with Crippen LogP contribution in [0.25, 0.3) is 0 Å². The molecule has 4 nitrogen and oxygen atoms in total. The van der Waals surface area contributed by atoms with Crippen LogP contribution in [0.1, 0.15) is 34.1 Å². The van der Waals surface area contributed by atoms with Crippen LogP contribution in [-0.4, -0.2) is 22.2 Å². The molecule has 4 heteroatoms. The summed E-state index contributed by atoms with van der Waals surface area (Å²) in [6.45, 7) is 6.94. The van der Waals surface area contributed by atoms with Gasteiger partial charge < -0.3 is 10.2 Å². The van der Waals surface area contributed by atoms with Crippen molar-refractivity contribution in [3.8, 4) is 0 Å². The summed E-state index contributed by atoms with van der Waals surface area (Å²) in [6.07, 6.45) is 0.108. The van der Waals surface area contributed by atoms with Crippen molar-refractivity contribution in [1.29, 1.82) is 0 Å². The van der Waals surface area contributed by atoms with Crippen LogP contribution >= 0.6 is 0 Å². The first-order valence-electron chi connectivity index (χ1n) is 4.77. The van der Waals surface area contributed by atoms with E-state index in [-0.39, 0.29) is 18.3 Å². The zero-order valence-corrected chi connectivity index (χ0v) is 9.07. The first-order chi connectivity index (χ1) is 6.30. The molecule has 0 amide bonds. The second kappa shape index (κ2) is 4.44. The number of aliphatic carboxylic acids is 2. The van der Waals surface area contributed by atoms with Crippen LogP contribution in [-0.2, 0) is 9.59 Å². The van der Waals surface area contributed by atoms with Gasteiger partial charge in [-0.05, 0) is 18.3 Å². The molecule has 0 aliphatic carbocycles. The van der Waals surface area contributed by atoms with Crippen molar-refractivity contribution in [2.45, 2.75) is 34.1 Å². The molecule has 0 rings (SSSR count). The Balaban J connectivity index is 5.25. The van der Waals surface area contributed by atoms with Crippen LogP contribution in [0.5, 0.6) is 0 Å². The van der Waals surface area contributed by atoms with Gasteiger partial charge in [0.25, 0.3) is 0 Å². The lowest BCUT2D eigenvalue weighted by Crippen LogP contribution is -2.46. The van der Waals surface area contributed by atoms with Gasteiger partial charge in [0.05, 0.1) is 0 Å². The second-order valence-electron chi connectivity index (χ2n) is 3.97. The van der Waals surface area contributed by atoms with Crippen molar-refractivity contribution < 1.29 is 19.8 Å². The first-order valence-corrected chi connectivity index (χ1v) is 4.77. The van der Waals surface area contributed by atoms with E-state index >= 15 is 0 Å². The third-order valence-electron chi connectivity index (χ3n) is 3.10. The molecule has 0 aromatic carbocycles. The molecule has 0 heterocycles. The Labute approximate surface area is 83.9 Å². The van der Waals surface area contributed by atoms with Crippen molar-refractivity contribution in [1.82, 2.24) is 0 Å². The third-order valence-corrected chi connectivity index (χ3v) is 3.10. The Morgan fingerprint density at radius 1 is 1.14 bits per heavy atom. The molecule has 0 aliphatic heterocycles. The van der Waals surface area contributed by atoms with Crippen molar-refractivity contribution in [3.63, 3.8) is 0 Å². The summed E-state index contributed by atoms with van der Waals surface area (Å²) in [7, 11) is 0. The van der Waals surface area contributed by atoms with Gasteiger partial charge in [-0.25, -0.2) is 0 Å². The summed E-state index contributed by atoms with van der Waals surface area (Å²) >= 11 is 0. The van der Waals surface area contributed by atoms with Gasteiger partial charge in [0.15, 0.2) is 5.41 Å². The monoisotopic (exact) mass is 202 g/mol. The second-order valence-corrected chi connectivity index (χ2v) is 3.97. The van der Waals surface area contributed by atoms with E-state index in [9.17, 15) is 9.59 Å². The molecule has 82 valence electrons. The number of carboxylic acid groups (broad SMARTS) is 2. The van der Waals surface area contributed by atoms with Gasteiger partial charge in [-0.1, -0.05) is 27.7 Å². The lowest BCUT2D eigenvalue weighted by atomic mass is 9.69. The smallest absolute Gasteiger partial charge is 0.321 e. The highest BCUT2D eigenvalue weighted by Gasteiger charge is 2.50. The predicted molar refractivity (Wildman–Crippen MR) is 52.0 cm³/mol. The lowest BCUT2D eigenvalue weighted by molar-refractivity contribution is -0.170. The Hall–Kier alpha value is -1.06. The van der Waals surface area contributed by atoms with Gasteiger partial charge in [-0.3, -0.25) is 9.59 Å². The van der Waals surface area contributed by atoms with Gasteiger partial charge in [0.1, 0.15) is 0 Å². The standard InChI is InChI=1S/C10H18O4/c1-5-10(8(11)12,9(13)14)7(4)6(2)3/h6-7H,5H2,1-4H3,(H,11,12)(H,13,14). The average Bonchev–Trinajstić information content (AvgIpc) is 2.04. The molecule has 14 heavy (non-hydrogen) atoms. The van der Waals surface area contributed by atoms with E-state index in [4.69, 9.17) is 10.2 Å². The van der Waals surface area contributed by atoms with E-state index in [0.29, 0.717) is 0 Å². The maximum Gasteiger partial charge on any atom is 0.321 e. The summed E-state index contributed by atoms with van der Waals surface area (Å²) in [5, 5.41) is 18.1. The zero-order chi connectivity index (χ0) is 11.5.